The third kappa shape index (κ3) is 2.48. The smallest absolute Gasteiger partial charge is 0.276 e. The first-order valence-electron chi connectivity index (χ1n) is 6.92. The van der Waals surface area contributed by atoms with Crippen LogP contribution in [-0.2, 0) is 6.54 Å². The van der Waals surface area contributed by atoms with Gasteiger partial charge in [-0.3, -0.25) is 4.79 Å². The molecule has 1 unspecified atom stereocenters. The molecule has 5 heteroatoms. The maximum atomic E-state index is 12.3. The number of nitrogens with zero attached hydrogens (tertiary/aromatic N) is 3. The van der Waals surface area contributed by atoms with Gasteiger partial charge >= 0.3 is 0 Å². The second-order valence-corrected chi connectivity index (χ2v) is 5.38. The molecule has 0 aliphatic rings. The Balaban J connectivity index is 1.94. The van der Waals surface area contributed by atoms with E-state index in [1.807, 2.05) is 19.1 Å². The van der Waals surface area contributed by atoms with Gasteiger partial charge in [-0.2, -0.15) is 5.10 Å². The van der Waals surface area contributed by atoms with Crippen molar-refractivity contribution in [2.45, 2.75) is 26.4 Å². The van der Waals surface area contributed by atoms with Gasteiger partial charge in [0.15, 0.2) is 0 Å². The predicted octanol–water partition coefficient (Wildman–Crippen LogP) is 1.81. The number of hydrogen-bond acceptors (Lipinski definition) is 3. The summed E-state index contributed by atoms with van der Waals surface area (Å²) in [6, 6.07) is 7.69. The van der Waals surface area contributed by atoms with Crippen molar-refractivity contribution in [2.24, 2.45) is 5.73 Å². The minimum atomic E-state index is -0.214. The SMILES string of the molecule is Cc1ccc(C(N)Cn2ccn3nccc3c2=O)c(C)c1. The Morgan fingerprint density at radius 1 is 1.24 bits per heavy atom. The number of aromatic nitrogens is 3. The highest BCUT2D eigenvalue weighted by Crippen LogP contribution is 2.18. The lowest BCUT2D eigenvalue weighted by Gasteiger charge is -2.16. The number of benzene rings is 1. The molecule has 2 N–H and O–H groups in total. The fourth-order valence-corrected chi connectivity index (χ4v) is 2.66. The van der Waals surface area contributed by atoms with Crippen LogP contribution in [0.5, 0.6) is 0 Å². The number of rotatable bonds is 3. The summed E-state index contributed by atoms with van der Waals surface area (Å²) < 4.78 is 3.21. The molecule has 0 spiro atoms. The van der Waals surface area contributed by atoms with Crippen LogP contribution < -0.4 is 11.3 Å². The van der Waals surface area contributed by atoms with Crippen molar-refractivity contribution in [2.75, 3.05) is 0 Å². The summed E-state index contributed by atoms with van der Waals surface area (Å²) in [4.78, 5) is 12.3. The minimum absolute atomic E-state index is 0.0739. The van der Waals surface area contributed by atoms with Crippen molar-refractivity contribution >= 4 is 5.52 Å². The van der Waals surface area contributed by atoms with Crippen molar-refractivity contribution in [3.63, 3.8) is 0 Å². The Kier molecular flexibility index (Phi) is 3.35. The van der Waals surface area contributed by atoms with Crippen LogP contribution in [0.2, 0.25) is 0 Å². The van der Waals surface area contributed by atoms with E-state index in [4.69, 9.17) is 5.73 Å². The van der Waals surface area contributed by atoms with Crippen LogP contribution in [0.15, 0.2) is 47.7 Å². The van der Waals surface area contributed by atoms with Crippen LogP contribution in [0, 0.1) is 13.8 Å². The Labute approximate surface area is 122 Å². The minimum Gasteiger partial charge on any atom is -0.322 e. The molecule has 108 valence electrons. The summed E-state index contributed by atoms with van der Waals surface area (Å²) >= 11 is 0. The fraction of sp³-hybridized carbons (Fsp3) is 0.250. The van der Waals surface area contributed by atoms with Gasteiger partial charge in [0.1, 0.15) is 5.52 Å². The van der Waals surface area contributed by atoms with Gasteiger partial charge in [0.05, 0.1) is 6.20 Å². The second kappa shape index (κ2) is 5.18. The maximum absolute atomic E-state index is 12.3. The molecule has 5 nitrogen and oxygen atoms in total. The van der Waals surface area contributed by atoms with E-state index >= 15 is 0 Å². The van der Waals surface area contributed by atoms with Gasteiger partial charge in [0.25, 0.3) is 5.56 Å². The summed E-state index contributed by atoms with van der Waals surface area (Å²) in [5, 5.41) is 4.05. The molecule has 0 saturated heterocycles. The molecule has 0 amide bonds. The van der Waals surface area contributed by atoms with E-state index in [1.165, 1.54) is 5.56 Å². The molecule has 0 saturated carbocycles. The van der Waals surface area contributed by atoms with Crippen molar-refractivity contribution in [1.29, 1.82) is 0 Å². The van der Waals surface area contributed by atoms with Gasteiger partial charge in [0, 0.05) is 25.0 Å². The lowest BCUT2D eigenvalue weighted by Crippen LogP contribution is -2.27. The van der Waals surface area contributed by atoms with E-state index in [-0.39, 0.29) is 11.6 Å². The van der Waals surface area contributed by atoms with E-state index in [0.29, 0.717) is 12.1 Å². The van der Waals surface area contributed by atoms with Crippen molar-refractivity contribution < 1.29 is 0 Å². The van der Waals surface area contributed by atoms with Crippen molar-refractivity contribution in [3.05, 3.63) is 69.9 Å². The van der Waals surface area contributed by atoms with Crippen molar-refractivity contribution in [3.8, 4) is 0 Å². The number of aryl methyl sites for hydroxylation is 2. The molecule has 2 aromatic heterocycles. The van der Waals surface area contributed by atoms with E-state index < -0.39 is 0 Å². The average molecular weight is 282 g/mol. The highest BCUT2D eigenvalue weighted by atomic mass is 16.1. The number of hydrogen-bond donors (Lipinski definition) is 1. The standard InChI is InChI=1S/C16H18N4O/c1-11-3-4-13(12(2)9-11)14(17)10-19-7-8-20-15(16(19)21)5-6-18-20/h3-9,14H,10,17H2,1-2H3. The highest BCUT2D eigenvalue weighted by molar-refractivity contribution is 5.42. The number of fused-ring (bicyclic) bond motifs is 1. The summed E-state index contributed by atoms with van der Waals surface area (Å²) in [7, 11) is 0. The Bertz CT molecular complexity index is 847. The van der Waals surface area contributed by atoms with Gasteiger partial charge < -0.3 is 10.3 Å². The molecule has 3 aromatic rings. The predicted molar refractivity (Wildman–Crippen MR) is 82.3 cm³/mol. The van der Waals surface area contributed by atoms with E-state index in [2.05, 4.69) is 18.1 Å². The lowest BCUT2D eigenvalue weighted by molar-refractivity contribution is 0.557. The van der Waals surface area contributed by atoms with Crippen LogP contribution in [-0.4, -0.2) is 14.2 Å². The maximum Gasteiger partial charge on any atom is 0.276 e. The molecule has 1 aromatic carbocycles. The van der Waals surface area contributed by atoms with Gasteiger partial charge in [-0.05, 0) is 31.0 Å². The van der Waals surface area contributed by atoms with Gasteiger partial charge in [-0.1, -0.05) is 23.8 Å². The fourth-order valence-electron chi connectivity index (χ4n) is 2.66. The highest BCUT2D eigenvalue weighted by Gasteiger charge is 2.12. The molecule has 0 fully saturated rings. The Hall–Kier alpha value is -2.40. The molecule has 0 aliphatic carbocycles. The first-order valence-corrected chi connectivity index (χ1v) is 6.92. The normalized spacial score (nSPS) is 12.7. The van der Waals surface area contributed by atoms with Crippen molar-refractivity contribution in [1.82, 2.24) is 14.2 Å². The molecular weight excluding hydrogens is 264 g/mol. The summed E-state index contributed by atoms with van der Waals surface area (Å²) in [6.45, 7) is 4.55. The molecule has 1 atom stereocenters. The third-order valence-corrected chi connectivity index (χ3v) is 3.76. The third-order valence-electron chi connectivity index (χ3n) is 3.76. The number of nitrogens with two attached hydrogens (primary N) is 1. The molecule has 21 heavy (non-hydrogen) atoms. The zero-order valence-electron chi connectivity index (χ0n) is 12.2. The molecule has 0 bridgehead atoms. The van der Waals surface area contributed by atoms with Crippen LogP contribution in [0.4, 0.5) is 0 Å². The second-order valence-electron chi connectivity index (χ2n) is 5.38. The molecular formula is C16H18N4O. The molecule has 0 radical (unpaired) electrons. The van der Waals surface area contributed by atoms with Gasteiger partial charge in [-0.25, -0.2) is 4.52 Å². The zero-order valence-corrected chi connectivity index (χ0v) is 12.2. The Morgan fingerprint density at radius 3 is 2.81 bits per heavy atom. The zero-order chi connectivity index (χ0) is 15.0. The largest absolute Gasteiger partial charge is 0.322 e. The first kappa shape index (κ1) is 13.6. The van der Waals surface area contributed by atoms with E-state index in [1.54, 1.807) is 33.7 Å². The van der Waals surface area contributed by atoms with Crippen LogP contribution in [0.1, 0.15) is 22.7 Å². The monoisotopic (exact) mass is 282 g/mol. The molecule has 2 heterocycles. The first-order chi connectivity index (χ1) is 10.1. The van der Waals surface area contributed by atoms with Gasteiger partial charge in [-0.15, -0.1) is 0 Å². The quantitative estimate of drug-likeness (QED) is 0.797. The summed E-state index contributed by atoms with van der Waals surface area (Å²) in [5.74, 6) is 0. The summed E-state index contributed by atoms with van der Waals surface area (Å²) in [5.41, 5.74) is 10.2. The molecule has 3 rings (SSSR count). The lowest BCUT2D eigenvalue weighted by atomic mass is 10.00. The van der Waals surface area contributed by atoms with Crippen LogP contribution in [0.25, 0.3) is 5.52 Å². The summed E-state index contributed by atoms with van der Waals surface area (Å²) in [6.07, 6.45) is 5.11. The van der Waals surface area contributed by atoms with E-state index in [0.717, 1.165) is 11.1 Å². The van der Waals surface area contributed by atoms with Crippen LogP contribution in [0.3, 0.4) is 0 Å². The Morgan fingerprint density at radius 2 is 2.05 bits per heavy atom. The van der Waals surface area contributed by atoms with Crippen LogP contribution >= 0.6 is 0 Å². The van der Waals surface area contributed by atoms with Gasteiger partial charge in [0.2, 0.25) is 0 Å². The topological polar surface area (TPSA) is 65.3 Å². The molecule has 0 aliphatic heterocycles. The van der Waals surface area contributed by atoms with E-state index in [9.17, 15) is 4.79 Å². The average Bonchev–Trinajstić information content (AvgIpc) is 2.91.